The summed E-state index contributed by atoms with van der Waals surface area (Å²) in [6.45, 7) is 5.05. The summed E-state index contributed by atoms with van der Waals surface area (Å²) >= 11 is 0. The van der Waals surface area contributed by atoms with Crippen molar-refractivity contribution in [3.05, 3.63) is 65.4 Å². The number of fused-ring (bicyclic) bond motifs is 1. The van der Waals surface area contributed by atoms with E-state index in [1.165, 1.54) is 6.42 Å². The van der Waals surface area contributed by atoms with Crippen LogP contribution in [0.2, 0.25) is 0 Å². The highest BCUT2D eigenvalue weighted by Gasteiger charge is 2.26. The van der Waals surface area contributed by atoms with Crippen LogP contribution in [-0.2, 0) is 13.1 Å². The average Bonchev–Trinajstić information content (AvgIpc) is 3.08. The largest absolute Gasteiger partial charge is 0.337 e. The summed E-state index contributed by atoms with van der Waals surface area (Å²) in [4.78, 5) is 26.6. The minimum atomic E-state index is 0.0593. The van der Waals surface area contributed by atoms with Crippen LogP contribution in [0.15, 0.2) is 42.7 Å². The molecule has 0 saturated carbocycles. The zero-order chi connectivity index (χ0) is 19.5. The van der Waals surface area contributed by atoms with Gasteiger partial charge in [-0.3, -0.25) is 14.7 Å². The van der Waals surface area contributed by atoms with Crippen LogP contribution in [0.1, 0.15) is 46.7 Å². The molecule has 3 aromatic rings. The highest BCUT2D eigenvalue weighted by molar-refractivity contribution is 5.94. The molecule has 6 heteroatoms. The number of likely N-dealkylation sites (tertiary alicyclic amines) is 1. The zero-order valence-corrected chi connectivity index (χ0v) is 16.6. The SMILES string of the molecule is Cc1cccn2c(CN(C)Cc3ccccn3)c(C(=O)N3CCCCC3)nc12. The molecule has 28 heavy (non-hydrogen) atoms. The average molecular weight is 377 g/mol. The van der Waals surface area contributed by atoms with Gasteiger partial charge in [-0.25, -0.2) is 4.98 Å². The van der Waals surface area contributed by atoms with Crippen LogP contribution in [-0.4, -0.2) is 50.2 Å². The van der Waals surface area contributed by atoms with Gasteiger partial charge in [0.05, 0.1) is 11.4 Å². The number of piperidine rings is 1. The Balaban J connectivity index is 1.66. The lowest BCUT2D eigenvalue weighted by atomic mass is 10.1. The topological polar surface area (TPSA) is 53.7 Å². The molecule has 0 spiro atoms. The first-order chi connectivity index (χ1) is 13.6. The number of amides is 1. The van der Waals surface area contributed by atoms with E-state index in [4.69, 9.17) is 4.98 Å². The predicted octanol–water partition coefficient (Wildman–Crippen LogP) is 3.30. The Labute approximate surface area is 165 Å². The van der Waals surface area contributed by atoms with Crippen molar-refractivity contribution in [2.24, 2.45) is 0 Å². The Kier molecular flexibility index (Phi) is 5.39. The minimum absolute atomic E-state index is 0.0593. The van der Waals surface area contributed by atoms with Crippen LogP contribution >= 0.6 is 0 Å². The Morgan fingerprint density at radius 2 is 1.93 bits per heavy atom. The molecule has 0 N–H and O–H groups in total. The molecule has 0 aliphatic carbocycles. The zero-order valence-electron chi connectivity index (χ0n) is 16.6. The van der Waals surface area contributed by atoms with Crippen molar-refractivity contribution < 1.29 is 4.79 Å². The molecule has 0 bridgehead atoms. The summed E-state index contributed by atoms with van der Waals surface area (Å²) in [5, 5.41) is 0. The van der Waals surface area contributed by atoms with Gasteiger partial charge in [0, 0.05) is 38.6 Å². The van der Waals surface area contributed by atoms with Gasteiger partial charge in [-0.1, -0.05) is 12.1 Å². The second-order valence-electron chi connectivity index (χ2n) is 7.64. The van der Waals surface area contributed by atoms with Crippen LogP contribution in [0, 0.1) is 6.92 Å². The number of carbonyl (C=O) groups is 1. The maximum Gasteiger partial charge on any atom is 0.274 e. The monoisotopic (exact) mass is 377 g/mol. The normalized spacial score (nSPS) is 14.8. The molecule has 3 aromatic heterocycles. The standard InChI is InChI=1S/C22H27N5O/c1-17-9-8-14-27-19(16-25(2)15-18-10-4-5-11-23-18)20(24-21(17)27)22(28)26-12-6-3-7-13-26/h4-5,8-11,14H,3,6-7,12-13,15-16H2,1-2H3. The maximum absolute atomic E-state index is 13.3. The third kappa shape index (κ3) is 3.78. The van der Waals surface area contributed by atoms with E-state index in [1.54, 1.807) is 0 Å². The molecule has 0 atom stereocenters. The van der Waals surface area contributed by atoms with E-state index in [0.717, 1.165) is 55.1 Å². The molecule has 1 amide bonds. The molecule has 1 aliphatic heterocycles. The molecule has 1 fully saturated rings. The quantitative estimate of drug-likeness (QED) is 0.685. The minimum Gasteiger partial charge on any atom is -0.337 e. The first-order valence-electron chi connectivity index (χ1n) is 9.98. The summed E-state index contributed by atoms with van der Waals surface area (Å²) in [7, 11) is 2.05. The molecule has 1 saturated heterocycles. The van der Waals surface area contributed by atoms with Crippen molar-refractivity contribution in [2.45, 2.75) is 39.3 Å². The second-order valence-corrected chi connectivity index (χ2v) is 7.64. The van der Waals surface area contributed by atoms with E-state index >= 15 is 0 Å². The third-order valence-corrected chi connectivity index (χ3v) is 5.37. The molecule has 0 aromatic carbocycles. The van der Waals surface area contributed by atoms with Crippen molar-refractivity contribution in [3.8, 4) is 0 Å². The Bertz CT molecular complexity index is 960. The van der Waals surface area contributed by atoms with Gasteiger partial charge >= 0.3 is 0 Å². The summed E-state index contributed by atoms with van der Waals surface area (Å²) in [5.74, 6) is 0.0593. The van der Waals surface area contributed by atoms with Crippen LogP contribution in [0.25, 0.3) is 5.65 Å². The highest BCUT2D eigenvalue weighted by atomic mass is 16.2. The number of pyridine rings is 2. The number of hydrogen-bond acceptors (Lipinski definition) is 4. The Hall–Kier alpha value is -2.73. The van der Waals surface area contributed by atoms with Gasteiger partial charge in [0.1, 0.15) is 5.65 Å². The number of rotatable bonds is 5. The van der Waals surface area contributed by atoms with Crippen LogP contribution < -0.4 is 0 Å². The molecule has 146 valence electrons. The first-order valence-corrected chi connectivity index (χ1v) is 9.98. The van der Waals surface area contributed by atoms with Crippen LogP contribution in [0.3, 0.4) is 0 Å². The van der Waals surface area contributed by atoms with Crippen molar-refractivity contribution in [1.29, 1.82) is 0 Å². The molecular formula is C22H27N5O. The predicted molar refractivity (Wildman–Crippen MR) is 109 cm³/mol. The van der Waals surface area contributed by atoms with Gasteiger partial charge in [-0.05, 0) is 57.0 Å². The van der Waals surface area contributed by atoms with Crippen LogP contribution in [0.5, 0.6) is 0 Å². The maximum atomic E-state index is 13.3. The highest BCUT2D eigenvalue weighted by Crippen LogP contribution is 2.21. The number of carbonyl (C=O) groups excluding carboxylic acids is 1. The lowest BCUT2D eigenvalue weighted by Crippen LogP contribution is -2.36. The Morgan fingerprint density at radius 1 is 1.11 bits per heavy atom. The van der Waals surface area contributed by atoms with E-state index in [-0.39, 0.29) is 5.91 Å². The van der Waals surface area contributed by atoms with Gasteiger partial charge < -0.3 is 9.30 Å². The molecule has 4 rings (SSSR count). The number of aromatic nitrogens is 3. The molecule has 6 nitrogen and oxygen atoms in total. The fourth-order valence-electron chi connectivity index (χ4n) is 3.90. The van der Waals surface area contributed by atoms with E-state index < -0.39 is 0 Å². The van der Waals surface area contributed by atoms with E-state index in [9.17, 15) is 4.79 Å². The fourth-order valence-corrected chi connectivity index (χ4v) is 3.90. The van der Waals surface area contributed by atoms with E-state index in [1.807, 2.05) is 54.5 Å². The smallest absolute Gasteiger partial charge is 0.274 e. The van der Waals surface area contributed by atoms with E-state index in [2.05, 4.69) is 21.3 Å². The second kappa shape index (κ2) is 8.10. The molecule has 0 radical (unpaired) electrons. The number of hydrogen-bond donors (Lipinski definition) is 0. The fraction of sp³-hybridized carbons (Fsp3) is 0.409. The Morgan fingerprint density at radius 3 is 2.68 bits per heavy atom. The van der Waals surface area contributed by atoms with E-state index in [0.29, 0.717) is 12.2 Å². The number of nitrogens with zero attached hydrogens (tertiary/aromatic N) is 5. The van der Waals surface area contributed by atoms with Gasteiger partial charge in [-0.2, -0.15) is 0 Å². The molecule has 0 unspecified atom stereocenters. The summed E-state index contributed by atoms with van der Waals surface area (Å²) in [6.07, 6.45) is 7.17. The molecular weight excluding hydrogens is 350 g/mol. The summed E-state index contributed by atoms with van der Waals surface area (Å²) in [5.41, 5.74) is 4.49. The van der Waals surface area contributed by atoms with Crippen LogP contribution in [0.4, 0.5) is 0 Å². The summed E-state index contributed by atoms with van der Waals surface area (Å²) in [6, 6.07) is 10.0. The molecule has 4 heterocycles. The summed E-state index contributed by atoms with van der Waals surface area (Å²) < 4.78 is 2.07. The number of imidazole rings is 1. The van der Waals surface area contributed by atoms with Crippen molar-refractivity contribution in [1.82, 2.24) is 24.2 Å². The number of aryl methyl sites for hydroxylation is 1. The van der Waals surface area contributed by atoms with Gasteiger partial charge in [0.25, 0.3) is 5.91 Å². The first kappa shape index (κ1) is 18.6. The van der Waals surface area contributed by atoms with Crippen molar-refractivity contribution in [2.75, 3.05) is 20.1 Å². The lowest BCUT2D eigenvalue weighted by molar-refractivity contribution is 0.0716. The molecule has 1 aliphatic rings. The third-order valence-electron chi connectivity index (χ3n) is 5.37. The van der Waals surface area contributed by atoms with Crippen molar-refractivity contribution >= 4 is 11.6 Å². The van der Waals surface area contributed by atoms with Gasteiger partial charge in [0.15, 0.2) is 5.69 Å². The lowest BCUT2D eigenvalue weighted by Gasteiger charge is -2.26. The van der Waals surface area contributed by atoms with Crippen molar-refractivity contribution in [3.63, 3.8) is 0 Å². The van der Waals surface area contributed by atoms with Gasteiger partial charge in [-0.15, -0.1) is 0 Å². The van der Waals surface area contributed by atoms with Gasteiger partial charge in [0.2, 0.25) is 0 Å².